The molecule has 0 atom stereocenters. The van der Waals surface area contributed by atoms with E-state index in [9.17, 15) is 18.8 Å². The van der Waals surface area contributed by atoms with Crippen molar-refractivity contribution in [2.75, 3.05) is 0 Å². The van der Waals surface area contributed by atoms with Gasteiger partial charge in [-0.2, -0.15) is 9.78 Å². The van der Waals surface area contributed by atoms with Gasteiger partial charge in [-0.25, -0.2) is 9.18 Å². The highest BCUT2D eigenvalue weighted by Crippen LogP contribution is 2.11. The first-order valence-electron chi connectivity index (χ1n) is 10.6. The highest BCUT2D eigenvalue weighted by Gasteiger charge is 2.21. The summed E-state index contributed by atoms with van der Waals surface area (Å²) in [5.74, 6) is -1.29. The van der Waals surface area contributed by atoms with Gasteiger partial charge in [-0.05, 0) is 48.7 Å². The Morgan fingerprint density at radius 2 is 1.68 bits per heavy atom. The summed E-state index contributed by atoms with van der Waals surface area (Å²) in [6.45, 7) is 3.58. The van der Waals surface area contributed by atoms with Crippen LogP contribution in [0, 0.1) is 19.7 Å². The molecule has 2 heterocycles. The third-order valence-electron chi connectivity index (χ3n) is 5.34. The van der Waals surface area contributed by atoms with Crippen molar-refractivity contribution in [2.45, 2.75) is 26.9 Å². The number of benzene rings is 2. The van der Waals surface area contributed by atoms with E-state index in [0.29, 0.717) is 11.1 Å². The lowest BCUT2D eigenvalue weighted by Crippen LogP contribution is -2.46. The number of amides is 1. The second-order valence-corrected chi connectivity index (χ2v) is 7.89. The van der Waals surface area contributed by atoms with Gasteiger partial charge in [0.25, 0.3) is 11.5 Å². The van der Waals surface area contributed by atoms with Crippen molar-refractivity contribution in [3.8, 4) is 5.69 Å². The molecule has 172 valence electrons. The van der Waals surface area contributed by atoms with E-state index in [1.54, 1.807) is 43.6 Å². The molecule has 8 nitrogen and oxygen atoms in total. The molecule has 34 heavy (non-hydrogen) atoms. The van der Waals surface area contributed by atoms with Crippen molar-refractivity contribution < 1.29 is 9.18 Å². The molecule has 1 N–H and O–H groups in total. The van der Waals surface area contributed by atoms with Crippen LogP contribution in [0.4, 0.5) is 4.39 Å². The second-order valence-electron chi connectivity index (χ2n) is 7.89. The SMILES string of the molecule is Cc1ccc(Cn2c(=O)c(C(=O)NCc3ccncc3)nn(-c3ccc(C)c(F)c3)c2=O)cc1. The maximum atomic E-state index is 14.2. The van der Waals surface area contributed by atoms with E-state index < -0.39 is 28.7 Å². The summed E-state index contributed by atoms with van der Waals surface area (Å²) in [4.78, 5) is 43.2. The molecule has 2 aromatic heterocycles. The summed E-state index contributed by atoms with van der Waals surface area (Å²) in [5.41, 5.74) is 0.907. The molecule has 2 aromatic carbocycles. The zero-order valence-corrected chi connectivity index (χ0v) is 18.7. The van der Waals surface area contributed by atoms with Gasteiger partial charge in [0.15, 0.2) is 0 Å². The van der Waals surface area contributed by atoms with Crippen LogP contribution in [-0.2, 0) is 13.1 Å². The second kappa shape index (κ2) is 9.62. The third-order valence-corrected chi connectivity index (χ3v) is 5.34. The van der Waals surface area contributed by atoms with Gasteiger partial charge >= 0.3 is 5.69 Å². The molecule has 0 spiro atoms. The fraction of sp³-hybridized carbons (Fsp3) is 0.160. The number of aromatic nitrogens is 4. The number of carbonyl (C=O) groups is 1. The molecule has 0 unspecified atom stereocenters. The first-order valence-corrected chi connectivity index (χ1v) is 10.6. The van der Waals surface area contributed by atoms with Gasteiger partial charge in [-0.15, -0.1) is 0 Å². The summed E-state index contributed by atoms with van der Waals surface area (Å²) in [6, 6.07) is 14.9. The molecular weight excluding hydrogens is 437 g/mol. The lowest BCUT2D eigenvalue weighted by atomic mass is 10.1. The van der Waals surface area contributed by atoms with Crippen molar-refractivity contribution in [1.29, 1.82) is 0 Å². The molecular formula is C25H22FN5O3. The van der Waals surface area contributed by atoms with Gasteiger partial charge in [0.1, 0.15) is 5.82 Å². The maximum absolute atomic E-state index is 14.2. The number of hydrogen-bond acceptors (Lipinski definition) is 5. The van der Waals surface area contributed by atoms with Crippen LogP contribution in [0.1, 0.15) is 32.7 Å². The lowest BCUT2D eigenvalue weighted by Gasteiger charge is -2.13. The maximum Gasteiger partial charge on any atom is 0.352 e. The fourth-order valence-electron chi connectivity index (χ4n) is 3.32. The minimum Gasteiger partial charge on any atom is -0.346 e. The summed E-state index contributed by atoms with van der Waals surface area (Å²) in [6.07, 6.45) is 3.17. The highest BCUT2D eigenvalue weighted by atomic mass is 19.1. The highest BCUT2D eigenvalue weighted by molar-refractivity contribution is 5.91. The topological polar surface area (TPSA) is 98.9 Å². The molecule has 0 radical (unpaired) electrons. The lowest BCUT2D eigenvalue weighted by molar-refractivity contribution is 0.0941. The van der Waals surface area contributed by atoms with Crippen molar-refractivity contribution in [3.63, 3.8) is 0 Å². The minimum absolute atomic E-state index is 0.0700. The van der Waals surface area contributed by atoms with Crippen molar-refractivity contribution >= 4 is 5.91 Å². The number of carbonyl (C=O) groups excluding carboxylic acids is 1. The van der Waals surface area contributed by atoms with Crippen LogP contribution in [0.15, 0.2) is 76.6 Å². The van der Waals surface area contributed by atoms with Crippen molar-refractivity contribution in [3.05, 3.63) is 122 Å². The molecule has 0 fully saturated rings. The van der Waals surface area contributed by atoms with E-state index in [1.165, 1.54) is 12.1 Å². The smallest absolute Gasteiger partial charge is 0.346 e. The number of nitrogens with zero attached hydrogens (tertiary/aromatic N) is 4. The average molecular weight is 459 g/mol. The molecule has 4 aromatic rings. The van der Waals surface area contributed by atoms with Crippen LogP contribution in [-0.4, -0.2) is 25.2 Å². The van der Waals surface area contributed by atoms with Crippen LogP contribution >= 0.6 is 0 Å². The van der Waals surface area contributed by atoms with Gasteiger partial charge in [0, 0.05) is 25.0 Å². The quantitative estimate of drug-likeness (QED) is 0.478. The Hall–Kier alpha value is -4.40. The third kappa shape index (κ3) is 4.83. The number of rotatable bonds is 6. The monoisotopic (exact) mass is 459 g/mol. The Bertz CT molecular complexity index is 1460. The molecule has 0 saturated carbocycles. The zero-order chi connectivity index (χ0) is 24.2. The van der Waals surface area contributed by atoms with Gasteiger partial charge in [-0.1, -0.05) is 35.9 Å². The normalized spacial score (nSPS) is 10.8. The predicted molar refractivity (Wildman–Crippen MR) is 124 cm³/mol. The Kier molecular flexibility index (Phi) is 6.44. The van der Waals surface area contributed by atoms with Gasteiger partial charge in [0.05, 0.1) is 12.2 Å². The van der Waals surface area contributed by atoms with Gasteiger partial charge in [0.2, 0.25) is 5.69 Å². The largest absolute Gasteiger partial charge is 0.352 e. The van der Waals surface area contributed by atoms with E-state index >= 15 is 0 Å². The summed E-state index contributed by atoms with van der Waals surface area (Å²) in [5, 5.41) is 6.66. The average Bonchev–Trinajstić information content (AvgIpc) is 2.84. The molecule has 1 amide bonds. The van der Waals surface area contributed by atoms with E-state index in [-0.39, 0.29) is 18.8 Å². The van der Waals surface area contributed by atoms with E-state index in [2.05, 4.69) is 15.4 Å². The van der Waals surface area contributed by atoms with Gasteiger partial charge in [-0.3, -0.25) is 19.1 Å². The molecule has 0 bridgehead atoms. The van der Waals surface area contributed by atoms with E-state index in [4.69, 9.17) is 0 Å². The van der Waals surface area contributed by atoms with Crippen LogP contribution in [0.2, 0.25) is 0 Å². The molecule has 4 rings (SSSR count). The number of pyridine rings is 1. The fourth-order valence-corrected chi connectivity index (χ4v) is 3.32. The Morgan fingerprint density at radius 3 is 2.35 bits per heavy atom. The molecule has 0 aliphatic heterocycles. The standard InChI is InChI=1S/C25H22FN5O3/c1-16-3-6-19(7-4-16)15-30-24(33)22(23(32)28-14-18-9-11-27-12-10-18)29-31(25(30)34)20-8-5-17(2)21(26)13-20/h3-13H,14-15H2,1-2H3,(H,28,32). The van der Waals surface area contributed by atoms with Crippen LogP contribution in [0.25, 0.3) is 5.69 Å². The first-order chi connectivity index (χ1) is 16.3. The van der Waals surface area contributed by atoms with Crippen LogP contribution in [0.5, 0.6) is 0 Å². The molecule has 0 aliphatic carbocycles. The minimum atomic E-state index is -0.832. The first kappa shape index (κ1) is 22.8. The molecule has 0 saturated heterocycles. The summed E-state index contributed by atoms with van der Waals surface area (Å²) in [7, 11) is 0. The zero-order valence-electron chi connectivity index (χ0n) is 18.7. The Labute approximate surface area is 194 Å². The molecule has 0 aliphatic rings. The number of hydrogen-bond donors (Lipinski definition) is 1. The number of halogens is 1. The van der Waals surface area contributed by atoms with Crippen molar-refractivity contribution in [2.24, 2.45) is 0 Å². The Balaban J connectivity index is 1.80. The molecule has 9 heteroatoms. The van der Waals surface area contributed by atoms with Crippen molar-refractivity contribution in [1.82, 2.24) is 24.6 Å². The summed E-state index contributed by atoms with van der Waals surface area (Å²) >= 11 is 0. The van der Waals surface area contributed by atoms with Crippen LogP contribution in [0.3, 0.4) is 0 Å². The van der Waals surface area contributed by atoms with Crippen LogP contribution < -0.4 is 16.6 Å². The number of nitrogens with one attached hydrogen (secondary N) is 1. The van der Waals surface area contributed by atoms with E-state index in [0.717, 1.165) is 26.4 Å². The summed E-state index contributed by atoms with van der Waals surface area (Å²) < 4.78 is 16.0. The van der Waals surface area contributed by atoms with E-state index in [1.807, 2.05) is 19.1 Å². The predicted octanol–water partition coefficient (Wildman–Crippen LogP) is 2.52. The van der Waals surface area contributed by atoms with Gasteiger partial charge < -0.3 is 5.32 Å². The number of aryl methyl sites for hydroxylation is 2. The Morgan fingerprint density at radius 1 is 0.971 bits per heavy atom.